The van der Waals surface area contributed by atoms with Crippen LogP contribution in [-0.2, 0) is 4.79 Å². The van der Waals surface area contributed by atoms with E-state index in [-0.39, 0.29) is 11.2 Å². The summed E-state index contributed by atoms with van der Waals surface area (Å²) in [4.78, 5) is 11.9. The van der Waals surface area contributed by atoms with Gasteiger partial charge in [-0.25, -0.2) is 0 Å². The summed E-state index contributed by atoms with van der Waals surface area (Å²) in [5.74, 6) is 1.93. The van der Waals surface area contributed by atoms with Crippen molar-refractivity contribution < 1.29 is 14.3 Å². The number of rotatable bonds is 7. The van der Waals surface area contributed by atoms with Crippen molar-refractivity contribution in [2.45, 2.75) is 12.2 Å². The van der Waals surface area contributed by atoms with E-state index in [1.807, 2.05) is 6.92 Å². The molecular formula is C13H20N2O3S. The predicted molar refractivity (Wildman–Crippen MR) is 79.2 cm³/mol. The first-order valence-corrected chi connectivity index (χ1v) is 7.01. The highest BCUT2D eigenvalue weighted by Crippen LogP contribution is 2.30. The number of hydrogen-bond acceptors (Lipinski definition) is 5. The third-order valence-corrected chi connectivity index (χ3v) is 3.69. The van der Waals surface area contributed by atoms with Gasteiger partial charge in [-0.15, -0.1) is 11.8 Å². The van der Waals surface area contributed by atoms with Gasteiger partial charge in [0.15, 0.2) is 11.5 Å². The summed E-state index contributed by atoms with van der Waals surface area (Å²) in [5.41, 5.74) is 6.10. The lowest BCUT2D eigenvalue weighted by atomic mass is 10.2. The summed E-state index contributed by atoms with van der Waals surface area (Å²) in [6, 6.07) is 5.27. The monoisotopic (exact) mass is 284 g/mol. The molecular weight excluding hydrogens is 264 g/mol. The minimum Gasteiger partial charge on any atom is -0.493 e. The molecule has 1 aromatic rings. The molecule has 106 valence electrons. The van der Waals surface area contributed by atoms with E-state index in [4.69, 9.17) is 15.2 Å². The van der Waals surface area contributed by atoms with Crippen molar-refractivity contribution in [3.8, 4) is 11.5 Å². The number of hydrogen-bond donors (Lipinski definition) is 2. The summed E-state index contributed by atoms with van der Waals surface area (Å²) in [6.07, 6.45) is 0. The van der Waals surface area contributed by atoms with E-state index in [2.05, 4.69) is 5.32 Å². The highest BCUT2D eigenvalue weighted by molar-refractivity contribution is 8.00. The minimum absolute atomic E-state index is 0.0503. The maximum absolute atomic E-state index is 11.9. The molecule has 0 spiro atoms. The molecule has 6 heteroatoms. The fourth-order valence-corrected chi connectivity index (χ4v) is 2.18. The molecule has 0 heterocycles. The minimum atomic E-state index is -0.142. The molecule has 1 atom stereocenters. The lowest BCUT2D eigenvalue weighted by Gasteiger charge is -2.13. The Morgan fingerprint density at radius 1 is 1.37 bits per heavy atom. The van der Waals surface area contributed by atoms with Crippen LogP contribution in [0.1, 0.15) is 6.92 Å². The van der Waals surface area contributed by atoms with Crippen LogP contribution in [0.2, 0.25) is 0 Å². The van der Waals surface area contributed by atoms with E-state index in [0.717, 1.165) is 5.75 Å². The van der Waals surface area contributed by atoms with Crippen molar-refractivity contribution in [1.29, 1.82) is 0 Å². The Kier molecular flexibility index (Phi) is 6.52. The predicted octanol–water partition coefficient (Wildman–Crippen LogP) is 1.72. The largest absolute Gasteiger partial charge is 0.493 e. The quantitative estimate of drug-likeness (QED) is 0.797. The standard InChI is InChI=1S/C13H20N2O3S/c1-9(19-7-6-14)13(16)15-10-4-5-11(17-2)12(8-10)18-3/h4-5,8-9H,6-7,14H2,1-3H3,(H,15,16). The molecule has 1 unspecified atom stereocenters. The van der Waals surface area contributed by atoms with Crippen LogP contribution >= 0.6 is 11.8 Å². The van der Waals surface area contributed by atoms with Crippen LogP contribution in [-0.4, -0.2) is 37.7 Å². The molecule has 0 aliphatic rings. The summed E-state index contributed by atoms with van der Waals surface area (Å²) in [7, 11) is 3.13. The Labute approximate surface area is 117 Å². The van der Waals surface area contributed by atoms with Gasteiger partial charge in [-0.2, -0.15) is 0 Å². The third kappa shape index (κ3) is 4.65. The number of nitrogens with one attached hydrogen (secondary N) is 1. The summed E-state index contributed by atoms with van der Waals surface area (Å²) in [6.45, 7) is 2.43. The molecule has 0 saturated heterocycles. The number of benzene rings is 1. The number of methoxy groups -OCH3 is 2. The molecule has 1 rings (SSSR count). The first kappa shape index (κ1) is 15.7. The Morgan fingerprint density at radius 2 is 2.05 bits per heavy atom. The Balaban J connectivity index is 2.69. The van der Waals surface area contributed by atoms with Crippen molar-refractivity contribution in [2.75, 3.05) is 31.8 Å². The molecule has 3 N–H and O–H groups in total. The van der Waals surface area contributed by atoms with Gasteiger partial charge < -0.3 is 20.5 Å². The number of nitrogens with two attached hydrogens (primary N) is 1. The molecule has 0 radical (unpaired) electrons. The topological polar surface area (TPSA) is 73.6 Å². The van der Waals surface area contributed by atoms with E-state index in [1.165, 1.54) is 11.8 Å². The second-order valence-corrected chi connectivity index (χ2v) is 5.31. The van der Waals surface area contributed by atoms with Gasteiger partial charge in [-0.05, 0) is 19.1 Å². The number of carbonyl (C=O) groups is 1. The van der Waals surface area contributed by atoms with Gasteiger partial charge in [0.25, 0.3) is 0 Å². The number of ether oxygens (including phenoxy) is 2. The zero-order chi connectivity index (χ0) is 14.3. The molecule has 0 saturated carbocycles. The molecule has 19 heavy (non-hydrogen) atoms. The van der Waals surface area contributed by atoms with Gasteiger partial charge in [0.2, 0.25) is 5.91 Å². The lowest BCUT2D eigenvalue weighted by molar-refractivity contribution is -0.115. The number of anilines is 1. The fraction of sp³-hybridized carbons (Fsp3) is 0.462. The SMILES string of the molecule is COc1ccc(NC(=O)C(C)SCCN)cc1OC. The van der Waals surface area contributed by atoms with Crippen LogP contribution in [0.4, 0.5) is 5.69 Å². The Bertz CT molecular complexity index is 426. The highest BCUT2D eigenvalue weighted by atomic mass is 32.2. The van der Waals surface area contributed by atoms with Gasteiger partial charge >= 0.3 is 0 Å². The van der Waals surface area contributed by atoms with E-state index in [9.17, 15) is 4.79 Å². The highest BCUT2D eigenvalue weighted by Gasteiger charge is 2.14. The molecule has 1 amide bonds. The van der Waals surface area contributed by atoms with Gasteiger partial charge in [0, 0.05) is 24.1 Å². The smallest absolute Gasteiger partial charge is 0.237 e. The third-order valence-electron chi connectivity index (χ3n) is 2.51. The lowest BCUT2D eigenvalue weighted by Crippen LogP contribution is -2.23. The normalized spacial score (nSPS) is 11.8. The number of thioether (sulfide) groups is 1. The van der Waals surface area contributed by atoms with Gasteiger partial charge in [-0.3, -0.25) is 4.79 Å². The van der Waals surface area contributed by atoms with Gasteiger partial charge in [0.05, 0.1) is 19.5 Å². The molecule has 0 fully saturated rings. The maximum Gasteiger partial charge on any atom is 0.237 e. The van der Waals surface area contributed by atoms with Crippen LogP contribution in [0, 0.1) is 0 Å². The zero-order valence-electron chi connectivity index (χ0n) is 11.4. The van der Waals surface area contributed by atoms with E-state index in [1.54, 1.807) is 32.4 Å². The Hall–Kier alpha value is -1.40. The summed E-state index contributed by atoms with van der Waals surface area (Å²) >= 11 is 1.53. The van der Waals surface area contributed by atoms with Crippen molar-refractivity contribution in [2.24, 2.45) is 5.73 Å². The van der Waals surface area contributed by atoms with Gasteiger partial charge in [-0.1, -0.05) is 0 Å². The second kappa shape index (κ2) is 7.91. The average Bonchev–Trinajstić information content (AvgIpc) is 2.44. The molecule has 0 aliphatic heterocycles. The Morgan fingerprint density at radius 3 is 2.63 bits per heavy atom. The molecule has 5 nitrogen and oxygen atoms in total. The van der Waals surface area contributed by atoms with Crippen molar-refractivity contribution in [3.05, 3.63) is 18.2 Å². The molecule has 0 aromatic heterocycles. The molecule has 0 aliphatic carbocycles. The zero-order valence-corrected chi connectivity index (χ0v) is 12.3. The van der Waals surface area contributed by atoms with Crippen LogP contribution in [0.25, 0.3) is 0 Å². The van der Waals surface area contributed by atoms with E-state index < -0.39 is 0 Å². The summed E-state index contributed by atoms with van der Waals surface area (Å²) in [5, 5.41) is 2.70. The number of carbonyl (C=O) groups excluding carboxylic acids is 1. The molecule has 0 bridgehead atoms. The van der Waals surface area contributed by atoms with Gasteiger partial charge in [0.1, 0.15) is 0 Å². The van der Waals surface area contributed by atoms with Crippen LogP contribution in [0.3, 0.4) is 0 Å². The molecule has 1 aromatic carbocycles. The van der Waals surface area contributed by atoms with Crippen LogP contribution in [0.5, 0.6) is 11.5 Å². The van der Waals surface area contributed by atoms with Crippen LogP contribution in [0.15, 0.2) is 18.2 Å². The van der Waals surface area contributed by atoms with E-state index in [0.29, 0.717) is 23.7 Å². The van der Waals surface area contributed by atoms with Crippen molar-refractivity contribution >= 4 is 23.4 Å². The summed E-state index contributed by atoms with van der Waals surface area (Å²) < 4.78 is 10.3. The second-order valence-electron chi connectivity index (χ2n) is 3.86. The van der Waals surface area contributed by atoms with Crippen molar-refractivity contribution in [1.82, 2.24) is 0 Å². The average molecular weight is 284 g/mol. The maximum atomic E-state index is 11.9. The first-order valence-electron chi connectivity index (χ1n) is 5.97. The van der Waals surface area contributed by atoms with Crippen molar-refractivity contribution in [3.63, 3.8) is 0 Å². The fourth-order valence-electron chi connectivity index (χ4n) is 1.48. The number of amides is 1. The van der Waals surface area contributed by atoms with Crippen LogP contribution < -0.4 is 20.5 Å². The van der Waals surface area contributed by atoms with E-state index >= 15 is 0 Å². The first-order chi connectivity index (χ1) is 9.12.